The number of nitroso groups, excluding NO2 is 1. The second kappa shape index (κ2) is 7.83. The van der Waals surface area contributed by atoms with Gasteiger partial charge in [0.05, 0.1) is 5.29 Å². The van der Waals surface area contributed by atoms with E-state index in [0.717, 1.165) is 0 Å². The highest BCUT2D eigenvalue weighted by atomic mass is 16.3. The number of aliphatic hydroxyl groups is 1. The van der Waals surface area contributed by atoms with E-state index >= 15 is 0 Å². The fraction of sp³-hybridized carbons (Fsp3) is 0.750. The van der Waals surface area contributed by atoms with Crippen molar-refractivity contribution in [2.75, 3.05) is 13.7 Å². The van der Waals surface area contributed by atoms with Crippen LogP contribution in [0.3, 0.4) is 0 Å². The molecule has 0 aliphatic rings. The number of carbonyl (C=O) groups excluding carboxylic acids is 1. The molecule has 2 amide bonds. The van der Waals surface area contributed by atoms with Crippen LogP contribution in [0.2, 0.25) is 0 Å². The lowest BCUT2D eigenvalue weighted by Gasteiger charge is -1.97. The van der Waals surface area contributed by atoms with Crippen LogP contribution < -0.4 is 5.73 Å². The summed E-state index contributed by atoms with van der Waals surface area (Å²) in [6.07, 6.45) is 0. The molecule has 0 bridgehead atoms. The highest BCUT2D eigenvalue weighted by Crippen LogP contribution is 1.76. The number of rotatable bonds is 1. The number of hydrogen-bond acceptors (Lipinski definition) is 4. The maximum absolute atomic E-state index is 9.78. The monoisotopic (exact) mass is 149 g/mol. The third-order valence-electron chi connectivity index (χ3n) is 0.441. The van der Waals surface area contributed by atoms with Gasteiger partial charge in [0.2, 0.25) is 0 Å². The van der Waals surface area contributed by atoms with Gasteiger partial charge in [-0.1, -0.05) is 0 Å². The molecular formula is C4H11N3O3. The minimum Gasteiger partial charge on any atom is -0.397 e. The van der Waals surface area contributed by atoms with Crippen molar-refractivity contribution in [2.24, 2.45) is 11.0 Å². The highest BCUT2D eigenvalue weighted by Gasteiger charge is 1.97. The van der Waals surface area contributed by atoms with Gasteiger partial charge < -0.3 is 10.8 Å². The summed E-state index contributed by atoms with van der Waals surface area (Å²) in [5.74, 6) is 0. The van der Waals surface area contributed by atoms with Gasteiger partial charge in [0.1, 0.15) is 0 Å². The normalized spacial score (nSPS) is 7.10. The van der Waals surface area contributed by atoms with E-state index in [1.54, 1.807) is 6.92 Å². The van der Waals surface area contributed by atoms with E-state index < -0.39 is 6.03 Å². The molecule has 0 saturated carbocycles. The standard InChI is InChI=1S/C2H5N3O2.C2H6O/c1-5(4-7)2(3)6;1-2-3/h1H3,(H2,3,6);3H,2H2,1H3. The van der Waals surface area contributed by atoms with Crippen LogP contribution in [0.5, 0.6) is 0 Å². The second-order valence-corrected chi connectivity index (χ2v) is 1.26. The van der Waals surface area contributed by atoms with Gasteiger partial charge in [-0.05, 0) is 6.92 Å². The Balaban J connectivity index is 0. The molecule has 10 heavy (non-hydrogen) atoms. The van der Waals surface area contributed by atoms with Crippen LogP contribution in [0.4, 0.5) is 4.79 Å². The van der Waals surface area contributed by atoms with Gasteiger partial charge in [-0.2, -0.15) is 5.01 Å². The van der Waals surface area contributed by atoms with Crippen LogP contribution >= 0.6 is 0 Å². The van der Waals surface area contributed by atoms with Crippen molar-refractivity contribution in [1.29, 1.82) is 0 Å². The summed E-state index contributed by atoms with van der Waals surface area (Å²) in [5, 5.41) is 10.3. The summed E-state index contributed by atoms with van der Waals surface area (Å²) in [7, 11) is 1.18. The molecule has 6 heteroatoms. The predicted molar refractivity (Wildman–Crippen MR) is 35.9 cm³/mol. The highest BCUT2D eigenvalue weighted by molar-refractivity contribution is 5.71. The summed E-state index contributed by atoms with van der Waals surface area (Å²) in [5.41, 5.74) is 4.54. The second-order valence-electron chi connectivity index (χ2n) is 1.26. The average molecular weight is 149 g/mol. The van der Waals surface area contributed by atoms with Crippen LogP contribution in [-0.2, 0) is 0 Å². The van der Waals surface area contributed by atoms with E-state index in [2.05, 4.69) is 11.0 Å². The minimum atomic E-state index is -0.852. The Morgan fingerprint density at radius 2 is 2.10 bits per heavy atom. The Labute approximate surface area is 58.6 Å². The van der Waals surface area contributed by atoms with Gasteiger partial charge in [-0.25, -0.2) is 4.79 Å². The fourth-order valence-electron chi connectivity index (χ4n) is 0.0402. The van der Waals surface area contributed by atoms with Crippen molar-refractivity contribution in [3.8, 4) is 0 Å². The molecular weight excluding hydrogens is 138 g/mol. The third kappa shape index (κ3) is 9.95. The first-order valence-corrected chi connectivity index (χ1v) is 2.57. The predicted octanol–water partition coefficient (Wildman–Crippen LogP) is -0.323. The largest absolute Gasteiger partial charge is 0.397 e. The van der Waals surface area contributed by atoms with E-state index in [0.29, 0.717) is 5.01 Å². The Morgan fingerprint density at radius 1 is 1.80 bits per heavy atom. The molecule has 0 spiro atoms. The first-order valence-electron chi connectivity index (χ1n) is 2.57. The zero-order valence-electron chi connectivity index (χ0n) is 5.94. The minimum absolute atomic E-state index is 0.250. The van der Waals surface area contributed by atoms with E-state index in [1.165, 1.54) is 7.05 Å². The zero-order chi connectivity index (χ0) is 8.57. The van der Waals surface area contributed by atoms with E-state index in [9.17, 15) is 9.70 Å². The van der Waals surface area contributed by atoms with Crippen LogP contribution in [0, 0.1) is 4.91 Å². The lowest BCUT2D eigenvalue weighted by molar-refractivity contribution is 0.220. The number of aliphatic hydroxyl groups excluding tert-OH is 1. The van der Waals surface area contributed by atoms with Crippen LogP contribution in [0.25, 0.3) is 0 Å². The first kappa shape index (κ1) is 11.6. The van der Waals surface area contributed by atoms with Crippen molar-refractivity contribution in [1.82, 2.24) is 5.01 Å². The van der Waals surface area contributed by atoms with Crippen molar-refractivity contribution in [3.63, 3.8) is 0 Å². The maximum Gasteiger partial charge on any atom is 0.337 e. The lowest BCUT2D eigenvalue weighted by Crippen LogP contribution is -2.26. The molecule has 0 aliphatic carbocycles. The quantitative estimate of drug-likeness (QED) is 0.395. The molecule has 0 heterocycles. The Kier molecular flexibility index (Phi) is 9.09. The number of hydrogen-bond donors (Lipinski definition) is 2. The summed E-state index contributed by atoms with van der Waals surface area (Å²) >= 11 is 0. The Bertz CT molecular complexity index is 106. The van der Waals surface area contributed by atoms with Crippen molar-refractivity contribution in [2.45, 2.75) is 6.92 Å². The van der Waals surface area contributed by atoms with Gasteiger partial charge in [-0.3, -0.25) is 0 Å². The average Bonchev–Trinajstić information content (AvgIpc) is 1.88. The summed E-state index contributed by atoms with van der Waals surface area (Å²) < 4.78 is 0. The lowest BCUT2D eigenvalue weighted by atomic mass is 10.9. The fourth-order valence-corrected chi connectivity index (χ4v) is 0.0402. The molecule has 60 valence electrons. The van der Waals surface area contributed by atoms with Crippen molar-refractivity contribution < 1.29 is 9.90 Å². The molecule has 0 fully saturated rings. The van der Waals surface area contributed by atoms with E-state index in [-0.39, 0.29) is 6.61 Å². The molecule has 6 nitrogen and oxygen atoms in total. The van der Waals surface area contributed by atoms with Crippen LogP contribution in [0.15, 0.2) is 5.29 Å². The molecule has 0 aromatic rings. The molecule has 0 saturated heterocycles. The van der Waals surface area contributed by atoms with Gasteiger partial charge >= 0.3 is 6.03 Å². The first-order chi connectivity index (χ1) is 4.59. The summed E-state index contributed by atoms with van der Waals surface area (Å²) in [6.45, 7) is 1.93. The topological polar surface area (TPSA) is 96.0 Å². The Hall–Kier alpha value is -1.17. The third-order valence-corrected chi connectivity index (χ3v) is 0.441. The molecule has 0 atom stereocenters. The van der Waals surface area contributed by atoms with Crippen LogP contribution in [0.1, 0.15) is 6.92 Å². The van der Waals surface area contributed by atoms with Gasteiger partial charge in [0.25, 0.3) is 0 Å². The van der Waals surface area contributed by atoms with E-state index in [1.807, 2.05) is 0 Å². The van der Waals surface area contributed by atoms with Gasteiger partial charge in [0.15, 0.2) is 0 Å². The molecule has 0 unspecified atom stereocenters. The molecule has 0 aromatic carbocycles. The molecule has 0 aromatic heterocycles. The maximum atomic E-state index is 9.78. The number of urea groups is 1. The van der Waals surface area contributed by atoms with E-state index in [4.69, 9.17) is 5.11 Å². The van der Waals surface area contributed by atoms with Gasteiger partial charge in [0, 0.05) is 13.7 Å². The summed E-state index contributed by atoms with van der Waals surface area (Å²) in [4.78, 5) is 19.1. The molecule has 0 aliphatic heterocycles. The van der Waals surface area contributed by atoms with Crippen molar-refractivity contribution >= 4 is 6.03 Å². The summed E-state index contributed by atoms with van der Waals surface area (Å²) in [6, 6.07) is -0.852. The van der Waals surface area contributed by atoms with Gasteiger partial charge in [-0.15, -0.1) is 4.91 Å². The number of amides is 2. The smallest absolute Gasteiger partial charge is 0.337 e. The SMILES string of the molecule is CCO.CN(N=O)C(N)=O. The molecule has 0 rings (SSSR count). The molecule has 3 N–H and O–H groups in total. The number of primary amides is 1. The number of carbonyl (C=O) groups is 1. The Morgan fingerprint density at radius 3 is 2.10 bits per heavy atom. The zero-order valence-corrected chi connectivity index (χ0v) is 5.94. The van der Waals surface area contributed by atoms with Crippen LogP contribution in [-0.4, -0.2) is 29.8 Å². The number of nitrogens with two attached hydrogens (primary N) is 1. The van der Waals surface area contributed by atoms with Crippen molar-refractivity contribution in [3.05, 3.63) is 4.91 Å². The molecule has 0 radical (unpaired) electrons. The number of nitrogens with zero attached hydrogens (tertiary/aromatic N) is 2.